The molecule has 1 aromatic heterocycles. The number of aryl methyl sites for hydroxylation is 3. The molecule has 2 aliphatic rings. The minimum atomic E-state index is 0.636. The number of anilines is 3. The number of hydrogen-bond donors (Lipinski definition) is 2. The maximum atomic E-state index is 9.38. The second kappa shape index (κ2) is 5.34. The molecule has 4 rings (SSSR count). The molecule has 0 saturated carbocycles. The van der Waals surface area contributed by atoms with Crippen LogP contribution < -0.4 is 10.6 Å². The number of benzene rings is 1. The number of rotatable bonds is 2. The molecule has 2 N–H and O–H groups in total. The molecule has 4 nitrogen and oxygen atoms in total. The van der Waals surface area contributed by atoms with Crippen molar-refractivity contribution in [3.63, 3.8) is 0 Å². The summed E-state index contributed by atoms with van der Waals surface area (Å²) >= 11 is 0. The van der Waals surface area contributed by atoms with Crippen LogP contribution in [0.5, 0.6) is 0 Å². The third kappa shape index (κ3) is 2.29. The van der Waals surface area contributed by atoms with Gasteiger partial charge in [-0.3, -0.25) is 0 Å². The number of nitrogens with zero attached hydrogens (tertiary/aromatic N) is 2. The number of fused-ring (bicyclic) bond motifs is 2. The van der Waals surface area contributed by atoms with Crippen LogP contribution in [0.3, 0.4) is 0 Å². The van der Waals surface area contributed by atoms with Gasteiger partial charge in [-0.25, -0.2) is 4.98 Å². The molecule has 110 valence electrons. The van der Waals surface area contributed by atoms with Crippen LogP contribution in [0.2, 0.25) is 0 Å². The third-order valence-electron chi connectivity index (χ3n) is 4.48. The first-order chi connectivity index (χ1) is 10.8. The van der Waals surface area contributed by atoms with Gasteiger partial charge in [0.05, 0.1) is 5.56 Å². The molecule has 1 aliphatic heterocycles. The summed E-state index contributed by atoms with van der Waals surface area (Å²) in [5.41, 5.74) is 6.56. The summed E-state index contributed by atoms with van der Waals surface area (Å²) in [5, 5.41) is 16.1. The molecule has 4 heteroatoms. The first-order valence-electron chi connectivity index (χ1n) is 7.90. The van der Waals surface area contributed by atoms with Gasteiger partial charge in [-0.15, -0.1) is 0 Å². The van der Waals surface area contributed by atoms with E-state index in [4.69, 9.17) is 0 Å². The summed E-state index contributed by atoms with van der Waals surface area (Å²) < 4.78 is 0. The lowest BCUT2D eigenvalue weighted by Crippen LogP contribution is -2.11. The van der Waals surface area contributed by atoms with E-state index in [-0.39, 0.29) is 0 Å². The Morgan fingerprint density at radius 2 is 2.00 bits per heavy atom. The van der Waals surface area contributed by atoms with Gasteiger partial charge in [0.2, 0.25) is 0 Å². The first kappa shape index (κ1) is 13.1. The lowest BCUT2D eigenvalue weighted by atomic mass is 10.0. The molecule has 0 unspecified atom stereocenters. The fourth-order valence-electron chi connectivity index (χ4n) is 3.34. The van der Waals surface area contributed by atoms with E-state index in [1.165, 1.54) is 16.8 Å². The molecule has 1 aliphatic carbocycles. The van der Waals surface area contributed by atoms with Gasteiger partial charge in [-0.1, -0.05) is 0 Å². The highest BCUT2D eigenvalue weighted by atomic mass is 15.0. The molecule has 0 fully saturated rings. The normalized spacial score (nSPS) is 15.4. The number of hydrogen-bond acceptors (Lipinski definition) is 4. The molecule has 0 spiro atoms. The van der Waals surface area contributed by atoms with Gasteiger partial charge >= 0.3 is 0 Å². The number of nitrogens with one attached hydrogen (secondary N) is 2. The summed E-state index contributed by atoms with van der Waals surface area (Å²) in [5.74, 6) is 0.687. The minimum Gasteiger partial charge on any atom is -0.385 e. The van der Waals surface area contributed by atoms with Crippen molar-refractivity contribution in [1.29, 1.82) is 5.26 Å². The van der Waals surface area contributed by atoms with Crippen molar-refractivity contribution < 1.29 is 0 Å². The monoisotopic (exact) mass is 290 g/mol. The Morgan fingerprint density at radius 3 is 2.91 bits per heavy atom. The van der Waals surface area contributed by atoms with Crippen molar-refractivity contribution in [1.82, 2.24) is 4.98 Å². The summed E-state index contributed by atoms with van der Waals surface area (Å²) in [6, 6.07) is 10.6. The van der Waals surface area contributed by atoms with Gasteiger partial charge in [0.1, 0.15) is 11.9 Å². The van der Waals surface area contributed by atoms with Crippen molar-refractivity contribution in [3.05, 3.63) is 46.6 Å². The predicted octanol–water partition coefficient (Wildman–Crippen LogP) is 3.54. The van der Waals surface area contributed by atoms with Gasteiger partial charge in [0, 0.05) is 23.6 Å². The Kier molecular flexibility index (Phi) is 3.19. The quantitative estimate of drug-likeness (QED) is 0.888. The summed E-state index contributed by atoms with van der Waals surface area (Å²) in [7, 11) is 0. The molecule has 2 aromatic rings. The standard InChI is InChI=1S/C18H18N4/c19-11-14-9-12-3-1-5-17(12)22-18(14)21-15-6-7-16-13(10-15)4-2-8-20-16/h6-7,9-10,20H,1-5,8H2,(H,21,22). The van der Waals surface area contributed by atoms with E-state index >= 15 is 0 Å². The molecule has 0 atom stereocenters. The molecule has 1 aromatic carbocycles. The average Bonchev–Trinajstić information content (AvgIpc) is 3.01. The second-order valence-corrected chi connectivity index (χ2v) is 5.98. The highest BCUT2D eigenvalue weighted by Crippen LogP contribution is 2.29. The van der Waals surface area contributed by atoms with Crippen LogP contribution in [0, 0.1) is 11.3 Å². The minimum absolute atomic E-state index is 0.636. The maximum absolute atomic E-state index is 9.38. The van der Waals surface area contributed by atoms with Crippen molar-refractivity contribution in [2.24, 2.45) is 0 Å². The van der Waals surface area contributed by atoms with Gasteiger partial charge in [0.15, 0.2) is 0 Å². The predicted molar refractivity (Wildman–Crippen MR) is 87.5 cm³/mol. The number of nitriles is 1. The Bertz CT molecular complexity index is 773. The lowest BCUT2D eigenvalue weighted by Gasteiger charge is -2.19. The Morgan fingerprint density at radius 1 is 1.09 bits per heavy atom. The molecule has 0 bridgehead atoms. The van der Waals surface area contributed by atoms with Crippen molar-refractivity contribution in [2.45, 2.75) is 32.1 Å². The van der Waals surface area contributed by atoms with E-state index in [9.17, 15) is 5.26 Å². The molecule has 0 radical (unpaired) electrons. The Hall–Kier alpha value is -2.54. The first-order valence-corrected chi connectivity index (χ1v) is 7.90. The molecule has 2 heterocycles. The molecular weight excluding hydrogens is 272 g/mol. The lowest BCUT2D eigenvalue weighted by molar-refractivity contribution is 0.830. The zero-order chi connectivity index (χ0) is 14.9. The fraction of sp³-hybridized carbons (Fsp3) is 0.333. The van der Waals surface area contributed by atoms with E-state index in [0.29, 0.717) is 11.4 Å². The van der Waals surface area contributed by atoms with Crippen LogP contribution in [-0.4, -0.2) is 11.5 Å². The highest BCUT2D eigenvalue weighted by molar-refractivity contribution is 5.68. The van der Waals surface area contributed by atoms with Crippen molar-refractivity contribution >= 4 is 17.2 Å². The van der Waals surface area contributed by atoms with E-state index in [0.717, 1.165) is 50.0 Å². The van der Waals surface area contributed by atoms with Crippen LogP contribution in [0.15, 0.2) is 24.3 Å². The number of pyridine rings is 1. The smallest absolute Gasteiger partial charge is 0.148 e. The Labute approximate surface area is 130 Å². The fourth-order valence-corrected chi connectivity index (χ4v) is 3.34. The van der Waals surface area contributed by atoms with Gasteiger partial charge in [0.25, 0.3) is 0 Å². The highest BCUT2D eigenvalue weighted by Gasteiger charge is 2.17. The van der Waals surface area contributed by atoms with E-state index in [1.54, 1.807) is 0 Å². The maximum Gasteiger partial charge on any atom is 0.148 e. The van der Waals surface area contributed by atoms with Crippen LogP contribution in [0.25, 0.3) is 0 Å². The van der Waals surface area contributed by atoms with Gasteiger partial charge in [-0.2, -0.15) is 5.26 Å². The number of aromatic nitrogens is 1. The van der Waals surface area contributed by atoms with E-state index in [1.807, 2.05) is 12.1 Å². The van der Waals surface area contributed by atoms with E-state index in [2.05, 4.69) is 33.8 Å². The zero-order valence-corrected chi connectivity index (χ0v) is 12.4. The van der Waals surface area contributed by atoms with Crippen molar-refractivity contribution in [3.8, 4) is 6.07 Å². The van der Waals surface area contributed by atoms with Crippen LogP contribution in [0.4, 0.5) is 17.2 Å². The van der Waals surface area contributed by atoms with E-state index < -0.39 is 0 Å². The molecule has 0 amide bonds. The summed E-state index contributed by atoms with van der Waals surface area (Å²) in [4.78, 5) is 4.68. The van der Waals surface area contributed by atoms with Gasteiger partial charge in [-0.05, 0) is 67.5 Å². The molecule has 22 heavy (non-hydrogen) atoms. The Balaban J connectivity index is 1.67. The largest absolute Gasteiger partial charge is 0.385 e. The zero-order valence-electron chi connectivity index (χ0n) is 12.4. The molecule has 0 saturated heterocycles. The third-order valence-corrected chi connectivity index (χ3v) is 4.48. The van der Waals surface area contributed by atoms with Crippen LogP contribution in [0.1, 0.15) is 35.2 Å². The van der Waals surface area contributed by atoms with Crippen LogP contribution >= 0.6 is 0 Å². The second-order valence-electron chi connectivity index (χ2n) is 5.98. The van der Waals surface area contributed by atoms with Crippen molar-refractivity contribution in [2.75, 3.05) is 17.2 Å². The SMILES string of the molecule is N#Cc1cc2c(nc1Nc1ccc3c(c1)CCCN3)CCC2. The van der Waals surface area contributed by atoms with Crippen LogP contribution in [-0.2, 0) is 19.3 Å². The van der Waals surface area contributed by atoms with Gasteiger partial charge < -0.3 is 10.6 Å². The summed E-state index contributed by atoms with van der Waals surface area (Å²) in [6.07, 6.45) is 5.46. The topological polar surface area (TPSA) is 60.7 Å². The average molecular weight is 290 g/mol. The molecular formula is C18H18N4. The summed E-state index contributed by atoms with van der Waals surface area (Å²) in [6.45, 7) is 1.05.